The van der Waals surface area contributed by atoms with Crippen LogP contribution < -0.4 is 11.1 Å². The van der Waals surface area contributed by atoms with Gasteiger partial charge in [0.1, 0.15) is 23.8 Å². The SMILES string of the molecule is CCCCCCCCCNc1nc(N)c2ncn([C@@H]3O[C@H](CO)[C@@H](OP(=O)(O)O)[C@H]3OC)c2n1. The summed E-state index contributed by atoms with van der Waals surface area (Å²) in [5.74, 6) is 0.519. The summed E-state index contributed by atoms with van der Waals surface area (Å²) in [4.78, 5) is 31.6. The zero-order valence-electron chi connectivity index (χ0n) is 19.5. The highest BCUT2D eigenvalue weighted by molar-refractivity contribution is 7.46. The molecule has 0 spiro atoms. The van der Waals surface area contributed by atoms with Gasteiger partial charge >= 0.3 is 7.82 Å². The van der Waals surface area contributed by atoms with Gasteiger partial charge in [0.2, 0.25) is 5.95 Å². The summed E-state index contributed by atoms with van der Waals surface area (Å²) >= 11 is 0. The molecule has 4 atom stereocenters. The van der Waals surface area contributed by atoms with Crippen LogP contribution in [0.5, 0.6) is 0 Å². The Hall–Kier alpha value is -1.86. The highest BCUT2D eigenvalue weighted by Crippen LogP contribution is 2.45. The van der Waals surface area contributed by atoms with Gasteiger partial charge in [0, 0.05) is 13.7 Å². The third-order valence-corrected chi connectivity index (χ3v) is 6.30. The van der Waals surface area contributed by atoms with Crippen LogP contribution in [0, 0.1) is 0 Å². The summed E-state index contributed by atoms with van der Waals surface area (Å²) in [7, 11) is -3.51. The van der Waals surface area contributed by atoms with Crippen molar-refractivity contribution in [2.75, 3.05) is 31.3 Å². The summed E-state index contributed by atoms with van der Waals surface area (Å²) < 4.78 is 29.1. The minimum Gasteiger partial charge on any atom is -0.394 e. The first kappa shape index (κ1) is 26.7. The zero-order chi connectivity index (χ0) is 24.7. The van der Waals surface area contributed by atoms with Gasteiger partial charge < -0.3 is 35.4 Å². The number of unbranched alkanes of at least 4 members (excludes halogenated alkanes) is 6. The maximum Gasteiger partial charge on any atom is 0.470 e. The number of aliphatic hydroxyl groups is 1. The fourth-order valence-corrected chi connectivity index (χ4v) is 4.67. The first-order valence-electron chi connectivity index (χ1n) is 11.6. The molecule has 1 aliphatic heterocycles. The van der Waals surface area contributed by atoms with Crippen LogP contribution in [0.15, 0.2) is 6.33 Å². The van der Waals surface area contributed by atoms with E-state index < -0.39 is 39.0 Å². The maximum absolute atomic E-state index is 11.4. The number of rotatable bonds is 14. The van der Waals surface area contributed by atoms with Crippen LogP contribution in [0.2, 0.25) is 0 Å². The number of methoxy groups -OCH3 is 1. The number of fused-ring (bicyclic) bond motifs is 1. The number of ether oxygens (including phenoxy) is 2. The molecule has 13 nitrogen and oxygen atoms in total. The number of aliphatic hydroxyl groups excluding tert-OH is 1. The van der Waals surface area contributed by atoms with Gasteiger partial charge in [0.25, 0.3) is 0 Å². The lowest BCUT2D eigenvalue weighted by Gasteiger charge is -2.23. The monoisotopic (exact) mass is 502 g/mol. The van der Waals surface area contributed by atoms with Crippen LogP contribution in [0.4, 0.5) is 11.8 Å². The topological polar surface area (TPSA) is 187 Å². The average molecular weight is 503 g/mol. The molecule has 1 fully saturated rings. The summed E-state index contributed by atoms with van der Waals surface area (Å²) in [5, 5.41) is 12.9. The van der Waals surface area contributed by atoms with Crippen LogP contribution in [0.3, 0.4) is 0 Å². The van der Waals surface area contributed by atoms with E-state index in [-0.39, 0.29) is 5.82 Å². The Kier molecular flexibility index (Phi) is 9.60. The van der Waals surface area contributed by atoms with Crippen LogP contribution in [0.1, 0.15) is 58.1 Å². The number of hydrogen-bond donors (Lipinski definition) is 5. The van der Waals surface area contributed by atoms with Crippen molar-refractivity contribution in [2.45, 2.75) is 76.4 Å². The Morgan fingerprint density at radius 3 is 2.53 bits per heavy atom. The number of phosphoric ester groups is 1. The molecule has 0 aromatic carbocycles. The molecule has 0 saturated carbocycles. The molecule has 34 heavy (non-hydrogen) atoms. The highest BCUT2D eigenvalue weighted by Gasteiger charge is 2.49. The average Bonchev–Trinajstić information content (AvgIpc) is 3.35. The van der Waals surface area contributed by atoms with Gasteiger partial charge in [-0.25, -0.2) is 9.55 Å². The lowest BCUT2D eigenvalue weighted by atomic mass is 10.1. The Bertz CT molecular complexity index is 970. The fourth-order valence-electron chi connectivity index (χ4n) is 4.10. The van der Waals surface area contributed by atoms with Crippen molar-refractivity contribution < 1.29 is 33.5 Å². The predicted octanol–water partition coefficient (Wildman–Crippen LogP) is 1.95. The molecule has 0 amide bonds. The lowest BCUT2D eigenvalue weighted by Crippen LogP contribution is -2.36. The first-order valence-corrected chi connectivity index (χ1v) is 13.1. The van der Waals surface area contributed by atoms with Gasteiger partial charge in [-0.1, -0.05) is 45.4 Å². The van der Waals surface area contributed by atoms with E-state index in [0.29, 0.717) is 23.7 Å². The van der Waals surface area contributed by atoms with Gasteiger partial charge in [-0.05, 0) is 6.42 Å². The number of hydrogen-bond acceptors (Lipinski definition) is 10. The van der Waals surface area contributed by atoms with E-state index in [1.54, 1.807) is 0 Å². The minimum atomic E-state index is -4.86. The molecule has 0 radical (unpaired) electrons. The van der Waals surface area contributed by atoms with Crippen LogP contribution in [-0.4, -0.2) is 73.0 Å². The molecule has 2 aromatic heterocycles. The molecule has 192 valence electrons. The van der Waals surface area contributed by atoms with Gasteiger partial charge in [-0.2, -0.15) is 9.97 Å². The maximum atomic E-state index is 11.4. The van der Waals surface area contributed by atoms with E-state index in [1.165, 1.54) is 50.1 Å². The molecular formula is C20H35N6O7P. The van der Waals surface area contributed by atoms with Crippen LogP contribution >= 0.6 is 7.82 Å². The number of nitrogens with two attached hydrogens (primary N) is 1. The molecular weight excluding hydrogens is 467 g/mol. The van der Waals surface area contributed by atoms with E-state index >= 15 is 0 Å². The summed E-state index contributed by atoms with van der Waals surface area (Å²) in [6, 6.07) is 0. The molecule has 2 aromatic rings. The van der Waals surface area contributed by atoms with Gasteiger partial charge in [-0.3, -0.25) is 9.09 Å². The Morgan fingerprint density at radius 1 is 1.18 bits per heavy atom. The number of aromatic nitrogens is 4. The summed E-state index contributed by atoms with van der Waals surface area (Å²) in [6.07, 6.45) is 5.61. The lowest BCUT2D eigenvalue weighted by molar-refractivity contribution is -0.0583. The smallest absolute Gasteiger partial charge is 0.394 e. The number of anilines is 2. The van der Waals surface area contributed by atoms with E-state index in [9.17, 15) is 19.5 Å². The number of nitrogens with one attached hydrogen (secondary N) is 1. The number of nitrogens with zero attached hydrogens (tertiary/aromatic N) is 4. The molecule has 1 saturated heterocycles. The third kappa shape index (κ3) is 6.63. The van der Waals surface area contributed by atoms with Gasteiger partial charge in [0.05, 0.1) is 12.9 Å². The summed E-state index contributed by atoms with van der Waals surface area (Å²) in [5.41, 5.74) is 6.80. The van der Waals surface area contributed by atoms with Crippen molar-refractivity contribution in [3.63, 3.8) is 0 Å². The van der Waals surface area contributed by atoms with Crippen molar-refractivity contribution in [2.24, 2.45) is 0 Å². The fraction of sp³-hybridized carbons (Fsp3) is 0.750. The summed E-state index contributed by atoms with van der Waals surface area (Å²) in [6.45, 7) is 2.36. The molecule has 1 aliphatic rings. The van der Waals surface area contributed by atoms with Crippen molar-refractivity contribution in [1.29, 1.82) is 0 Å². The highest BCUT2D eigenvalue weighted by atomic mass is 31.2. The molecule has 6 N–H and O–H groups in total. The Morgan fingerprint density at radius 2 is 1.88 bits per heavy atom. The largest absolute Gasteiger partial charge is 0.470 e. The molecule has 0 bridgehead atoms. The second-order valence-electron chi connectivity index (χ2n) is 8.31. The Labute approximate surface area is 198 Å². The van der Waals surface area contributed by atoms with Crippen LogP contribution in [-0.2, 0) is 18.6 Å². The predicted molar refractivity (Wildman–Crippen MR) is 125 cm³/mol. The van der Waals surface area contributed by atoms with Crippen molar-refractivity contribution in [3.05, 3.63) is 6.33 Å². The van der Waals surface area contributed by atoms with E-state index in [4.69, 9.17) is 19.7 Å². The quantitative estimate of drug-likeness (QED) is 0.187. The molecule has 3 heterocycles. The standard InChI is InChI=1S/C20H35N6O7P/c1-3-4-5-6-7-8-9-10-22-20-24-17(21)14-18(25-20)26(12-23-14)19-16(31-2)15(13(11-27)32-19)33-34(28,29)30/h12-13,15-16,19,27H,3-11H2,1-2H3,(H2,28,29,30)(H3,21,22,24,25)/t13-,15-,16-,19-/m1/s1. The molecule has 0 aliphatic carbocycles. The minimum absolute atomic E-state index is 0.180. The van der Waals surface area contributed by atoms with Crippen molar-refractivity contribution in [3.8, 4) is 0 Å². The van der Waals surface area contributed by atoms with Gasteiger partial charge in [-0.15, -0.1) is 0 Å². The first-order chi connectivity index (χ1) is 16.3. The number of phosphoric acid groups is 1. The van der Waals surface area contributed by atoms with E-state index in [2.05, 4.69) is 27.2 Å². The van der Waals surface area contributed by atoms with Crippen molar-refractivity contribution in [1.82, 2.24) is 19.5 Å². The Balaban J connectivity index is 1.73. The van der Waals surface area contributed by atoms with Crippen LogP contribution in [0.25, 0.3) is 11.2 Å². The molecule has 14 heteroatoms. The second kappa shape index (κ2) is 12.2. The zero-order valence-corrected chi connectivity index (χ0v) is 20.4. The van der Waals surface area contributed by atoms with Crippen molar-refractivity contribution >= 4 is 30.8 Å². The van der Waals surface area contributed by atoms with E-state index in [1.807, 2.05) is 0 Å². The number of imidazole rings is 1. The van der Waals surface area contributed by atoms with Gasteiger partial charge in [0.15, 0.2) is 17.7 Å². The second-order valence-corrected chi connectivity index (χ2v) is 9.51. The molecule has 0 unspecified atom stereocenters. The third-order valence-electron chi connectivity index (χ3n) is 5.78. The molecule has 3 rings (SSSR count). The normalized spacial score (nSPS) is 23.1. The number of nitrogen functional groups attached to an aromatic ring is 1. The van der Waals surface area contributed by atoms with E-state index in [0.717, 1.165) is 12.8 Å².